The van der Waals surface area contributed by atoms with E-state index in [9.17, 15) is 9.90 Å². The van der Waals surface area contributed by atoms with Gasteiger partial charge in [0.25, 0.3) is 5.91 Å². The summed E-state index contributed by atoms with van der Waals surface area (Å²) < 4.78 is 0.943. The fourth-order valence-corrected chi connectivity index (χ4v) is 4.15. The molecule has 2 N–H and O–H groups in total. The molecule has 0 saturated carbocycles. The highest BCUT2D eigenvalue weighted by molar-refractivity contribution is 7.21. The number of carbonyl (C=O) groups is 1. The Balaban J connectivity index is 1.57. The SMILES string of the molecule is O=C(NN=Cc1ccc2ccccc2c1O)c1sc2ccccc2c1Cl. The number of thiophene rings is 1. The molecule has 0 bridgehead atoms. The zero-order valence-corrected chi connectivity index (χ0v) is 15.0. The average molecular weight is 381 g/mol. The monoisotopic (exact) mass is 380 g/mol. The topological polar surface area (TPSA) is 61.7 Å². The number of benzene rings is 3. The van der Waals surface area contributed by atoms with Crippen molar-refractivity contribution in [3.63, 3.8) is 0 Å². The average Bonchev–Trinajstić information content (AvgIpc) is 3.01. The molecule has 128 valence electrons. The van der Waals surface area contributed by atoms with Gasteiger partial charge in [-0.15, -0.1) is 11.3 Å². The predicted molar refractivity (Wildman–Crippen MR) is 108 cm³/mol. The number of hydrazone groups is 1. The Hall–Kier alpha value is -2.89. The summed E-state index contributed by atoms with van der Waals surface area (Å²) in [7, 11) is 0. The molecule has 0 unspecified atom stereocenters. The number of amides is 1. The molecular weight excluding hydrogens is 368 g/mol. The molecule has 26 heavy (non-hydrogen) atoms. The van der Waals surface area contributed by atoms with Crippen molar-refractivity contribution in [2.24, 2.45) is 5.10 Å². The zero-order valence-electron chi connectivity index (χ0n) is 13.4. The lowest BCUT2D eigenvalue weighted by Crippen LogP contribution is -2.16. The Morgan fingerprint density at radius 2 is 1.77 bits per heavy atom. The summed E-state index contributed by atoms with van der Waals surface area (Å²) in [5.74, 6) is -0.256. The summed E-state index contributed by atoms with van der Waals surface area (Å²) in [6.07, 6.45) is 1.42. The third kappa shape index (κ3) is 2.92. The van der Waals surface area contributed by atoms with E-state index in [-0.39, 0.29) is 11.7 Å². The van der Waals surface area contributed by atoms with Crippen LogP contribution >= 0.6 is 22.9 Å². The highest BCUT2D eigenvalue weighted by Gasteiger charge is 2.16. The molecule has 0 fully saturated rings. The summed E-state index contributed by atoms with van der Waals surface area (Å²) in [6, 6.07) is 18.7. The summed E-state index contributed by atoms with van der Waals surface area (Å²) in [6.45, 7) is 0. The van der Waals surface area contributed by atoms with Crippen LogP contribution in [0.5, 0.6) is 5.75 Å². The predicted octanol–water partition coefficient (Wildman–Crippen LogP) is 5.18. The quantitative estimate of drug-likeness (QED) is 0.380. The summed E-state index contributed by atoms with van der Waals surface area (Å²) in [5.41, 5.74) is 2.99. The van der Waals surface area contributed by atoms with Crippen LogP contribution in [0.4, 0.5) is 0 Å². The second-order valence-corrected chi connectivity index (χ2v) is 7.10. The maximum atomic E-state index is 12.4. The fourth-order valence-electron chi connectivity index (χ4n) is 2.75. The molecule has 4 nitrogen and oxygen atoms in total. The first-order valence-corrected chi connectivity index (χ1v) is 9.06. The van der Waals surface area contributed by atoms with E-state index >= 15 is 0 Å². The Morgan fingerprint density at radius 1 is 1.04 bits per heavy atom. The van der Waals surface area contributed by atoms with Crippen LogP contribution in [0.3, 0.4) is 0 Å². The van der Waals surface area contributed by atoms with Gasteiger partial charge in [0.15, 0.2) is 0 Å². The molecular formula is C20H13ClN2O2S. The van der Waals surface area contributed by atoms with Crippen molar-refractivity contribution in [1.82, 2.24) is 5.43 Å². The lowest BCUT2D eigenvalue weighted by atomic mass is 10.1. The van der Waals surface area contributed by atoms with Gasteiger partial charge >= 0.3 is 0 Å². The molecule has 3 aromatic carbocycles. The second kappa shape index (κ2) is 6.78. The van der Waals surface area contributed by atoms with E-state index in [0.717, 1.165) is 20.9 Å². The summed E-state index contributed by atoms with van der Waals surface area (Å²) in [5, 5.41) is 17.2. The van der Waals surface area contributed by atoms with Crippen molar-refractivity contribution < 1.29 is 9.90 Å². The van der Waals surface area contributed by atoms with Gasteiger partial charge in [-0.05, 0) is 17.5 Å². The van der Waals surface area contributed by atoms with Crippen molar-refractivity contribution in [3.8, 4) is 5.75 Å². The van der Waals surface area contributed by atoms with Crippen LogP contribution in [0.2, 0.25) is 5.02 Å². The lowest BCUT2D eigenvalue weighted by Gasteiger charge is -2.04. The molecule has 0 radical (unpaired) electrons. The molecule has 1 amide bonds. The first kappa shape index (κ1) is 16.6. The number of aromatic hydroxyl groups is 1. The Kier molecular flexibility index (Phi) is 4.32. The molecule has 4 aromatic rings. The highest BCUT2D eigenvalue weighted by Crippen LogP contribution is 2.35. The third-order valence-corrected chi connectivity index (χ3v) is 5.72. The first-order chi connectivity index (χ1) is 12.6. The molecule has 0 aliphatic rings. The molecule has 6 heteroatoms. The summed E-state index contributed by atoms with van der Waals surface area (Å²) in [4.78, 5) is 12.8. The minimum Gasteiger partial charge on any atom is -0.507 e. The number of hydrogen-bond donors (Lipinski definition) is 2. The van der Waals surface area contributed by atoms with Crippen molar-refractivity contribution in [2.75, 3.05) is 0 Å². The van der Waals surface area contributed by atoms with Gasteiger partial charge in [-0.3, -0.25) is 4.79 Å². The van der Waals surface area contributed by atoms with Crippen LogP contribution < -0.4 is 5.43 Å². The van der Waals surface area contributed by atoms with Gasteiger partial charge in [0.05, 0.1) is 11.2 Å². The van der Waals surface area contributed by atoms with Gasteiger partial charge in [-0.2, -0.15) is 5.10 Å². The van der Waals surface area contributed by atoms with Crippen LogP contribution in [-0.4, -0.2) is 17.2 Å². The normalized spacial score (nSPS) is 11.4. The van der Waals surface area contributed by atoms with E-state index in [0.29, 0.717) is 15.5 Å². The van der Waals surface area contributed by atoms with Crippen molar-refractivity contribution in [1.29, 1.82) is 0 Å². The summed E-state index contributed by atoms with van der Waals surface area (Å²) >= 11 is 7.61. The molecule has 0 aliphatic heterocycles. The van der Waals surface area contributed by atoms with Gasteiger partial charge in [0, 0.05) is 21.0 Å². The minimum absolute atomic E-state index is 0.126. The molecule has 1 heterocycles. The minimum atomic E-state index is -0.382. The molecule has 4 rings (SSSR count). The number of carbonyl (C=O) groups excluding carboxylic acids is 1. The van der Waals surface area contributed by atoms with E-state index in [2.05, 4.69) is 10.5 Å². The Labute approximate surface area is 158 Å². The van der Waals surface area contributed by atoms with Gasteiger partial charge in [-0.1, -0.05) is 60.1 Å². The third-order valence-electron chi connectivity index (χ3n) is 4.04. The molecule has 0 atom stereocenters. The van der Waals surface area contributed by atoms with Crippen LogP contribution in [0, 0.1) is 0 Å². The highest BCUT2D eigenvalue weighted by atomic mass is 35.5. The second-order valence-electron chi connectivity index (χ2n) is 5.66. The van der Waals surface area contributed by atoms with Crippen LogP contribution in [0.1, 0.15) is 15.2 Å². The maximum absolute atomic E-state index is 12.4. The Bertz CT molecular complexity index is 1170. The number of rotatable bonds is 3. The van der Waals surface area contributed by atoms with Crippen LogP contribution in [0.15, 0.2) is 65.8 Å². The van der Waals surface area contributed by atoms with E-state index in [1.54, 1.807) is 6.07 Å². The molecule has 0 aliphatic carbocycles. The maximum Gasteiger partial charge on any atom is 0.283 e. The van der Waals surface area contributed by atoms with E-state index < -0.39 is 0 Å². The Morgan fingerprint density at radius 3 is 2.58 bits per heavy atom. The number of halogens is 1. The van der Waals surface area contributed by atoms with Crippen LogP contribution in [0.25, 0.3) is 20.9 Å². The van der Waals surface area contributed by atoms with E-state index in [4.69, 9.17) is 11.6 Å². The fraction of sp³-hybridized carbons (Fsp3) is 0. The number of fused-ring (bicyclic) bond motifs is 2. The number of phenols is 1. The van der Waals surface area contributed by atoms with E-state index in [1.165, 1.54) is 17.6 Å². The van der Waals surface area contributed by atoms with Crippen molar-refractivity contribution in [3.05, 3.63) is 76.1 Å². The molecule has 0 saturated heterocycles. The standard InChI is InChI=1S/C20H13ClN2O2S/c21-17-15-7-3-4-8-16(15)26-19(17)20(25)23-22-11-13-10-9-12-5-1-2-6-14(12)18(13)24/h1-11,24H,(H,23,25). The van der Waals surface area contributed by atoms with Gasteiger partial charge in [0.1, 0.15) is 10.6 Å². The zero-order chi connectivity index (χ0) is 18.1. The number of phenolic OH excluding ortho intramolecular Hbond substituents is 1. The number of nitrogens with one attached hydrogen (secondary N) is 1. The van der Waals surface area contributed by atoms with Crippen molar-refractivity contribution in [2.45, 2.75) is 0 Å². The molecule has 0 spiro atoms. The first-order valence-electron chi connectivity index (χ1n) is 7.86. The van der Waals surface area contributed by atoms with E-state index in [1.807, 2.05) is 54.6 Å². The van der Waals surface area contributed by atoms with Gasteiger partial charge < -0.3 is 5.11 Å². The van der Waals surface area contributed by atoms with Crippen molar-refractivity contribution >= 4 is 55.9 Å². The van der Waals surface area contributed by atoms with Crippen LogP contribution in [-0.2, 0) is 0 Å². The largest absolute Gasteiger partial charge is 0.507 e. The molecule has 1 aromatic heterocycles. The van der Waals surface area contributed by atoms with Gasteiger partial charge in [-0.25, -0.2) is 5.43 Å². The van der Waals surface area contributed by atoms with Gasteiger partial charge in [0.2, 0.25) is 0 Å². The lowest BCUT2D eigenvalue weighted by molar-refractivity contribution is 0.0959. The smallest absolute Gasteiger partial charge is 0.283 e. The number of nitrogens with zero attached hydrogens (tertiary/aromatic N) is 1. The number of hydrogen-bond acceptors (Lipinski definition) is 4.